The summed E-state index contributed by atoms with van der Waals surface area (Å²) in [7, 11) is 0. The van der Waals surface area contributed by atoms with E-state index in [0.717, 1.165) is 9.92 Å². The highest BCUT2D eigenvalue weighted by atomic mass is 32.2. The molecule has 0 fully saturated rings. The normalized spacial score (nSPS) is 10.1. The summed E-state index contributed by atoms with van der Waals surface area (Å²) < 4.78 is 0. The molecule has 2 aromatic rings. The zero-order valence-corrected chi connectivity index (χ0v) is 8.62. The van der Waals surface area contributed by atoms with Gasteiger partial charge in [-0.2, -0.15) is 0 Å². The summed E-state index contributed by atoms with van der Waals surface area (Å²) in [5.41, 5.74) is 5.79. The molecule has 76 valence electrons. The van der Waals surface area contributed by atoms with Gasteiger partial charge < -0.3 is 10.7 Å². The molecular formula is C10H9N3OS. The van der Waals surface area contributed by atoms with Gasteiger partial charge in [0.05, 0.1) is 23.1 Å². The molecule has 0 atom stereocenters. The Labute approximate surface area is 90.9 Å². The number of imidazole rings is 1. The SMILES string of the molecule is NC(=O)c1ccccc1Sc1cnc[nH]1. The van der Waals surface area contributed by atoms with Crippen molar-refractivity contribution < 1.29 is 4.79 Å². The first-order valence-electron chi connectivity index (χ1n) is 4.32. The number of nitrogens with two attached hydrogens (primary N) is 1. The fourth-order valence-corrected chi connectivity index (χ4v) is 2.06. The Hall–Kier alpha value is -1.75. The Bertz CT molecular complexity index is 467. The summed E-state index contributed by atoms with van der Waals surface area (Å²) in [6, 6.07) is 7.22. The minimum Gasteiger partial charge on any atom is -0.366 e. The van der Waals surface area contributed by atoms with Crippen LogP contribution in [0.25, 0.3) is 0 Å². The Kier molecular flexibility index (Phi) is 2.73. The minimum atomic E-state index is -0.419. The highest BCUT2D eigenvalue weighted by molar-refractivity contribution is 7.99. The van der Waals surface area contributed by atoms with Gasteiger partial charge in [0.15, 0.2) is 0 Å². The number of hydrogen-bond acceptors (Lipinski definition) is 3. The van der Waals surface area contributed by atoms with Gasteiger partial charge >= 0.3 is 0 Å². The van der Waals surface area contributed by atoms with Crippen LogP contribution in [-0.2, 0) is 0 Å². The van der Waals surface area contributed by atoms with E-state index in [4.69, 9.17) is 5.73 Å². The number of H-pyrrole nitrogens is 1. The van der Waals surface area contributed by atoms with E-state index in [1.165, 1.54) is 11.8 Å². The number of carbonyl (C=O) groups excluding carboxylic acids is 1. The fourth-order valence-electron chi connectivity index (χ4n) is 1.18. The number of primary amides is 1. The third-order valence-corrected chi connectivity index (χ3v) is 2.86. The van der Waals surface area contributed by atoms with Gasteiger partial charge in [-0.25, -0.2) is 4.98 Å². The van der Waals surface area contributed by atoms with E-state index >= 15 is 0 Å². The van der Waals surface area contributed by atoms with Crippen LogP contribution < -0.4 is 5.73 Å². The van der Waals surface area contributed by atoms with Crippen LogP contribution in [0.5, 0.6) is 0 Å². The zero-order valence-electron chi connectivity index (χ0n) is 7.81. The predicted octanol–water partition coefficient (Wildman–Crippen LogP) is 1.66. The maximum absolute atomic E-state index is 11.1. The van der Waals surface area contributed by atoms with Gasteiger partial charge in [0.1, 0.15) is 0 Å². The Morgan fingerprint density at radius 2 is 2.20 bits per heavy atom. The maximum Gasteiger partial charge on any atom is 0.249 e. The van der Waals surface area contributed by atoms with Crippen LogP contribution in [-0.4, -0.2) is 15.9 Å². The van der Waals surface area contributed by atoms with Crippen molar-refractivity contribution in [1.29, 1.82) is 0 Å². The van der Waals surface area contributed by atoms with Gasteiger partial charge in [0, 0.05) is 4.90 Å². The summed E-state index contributed by atoms with van der Waals surface area (Å²) in [6.07, 6.45) is 3.29. The highest BCUT2D eigenvalue weighted by Crippen LogP contribution is 2.28. The Morgan fingerprint density at radius 3 is 2.87 bits per heavy atom. The van der Waals surface area contributed by atoms with E-state index in [9.17, 15) is 4.79 Å². The van der Waals surface area contributed by atoms with Crippen molar-refractivity contribution in [2.24, 2.45) is 5.73 Å². The van der Waals surface area contributed by atoms with E-state index in [-0.39, 0.29) is 0 Å². The van der Waals surface area contributed by atoms with E-state index < -0.39 is 5.91 Å². The molecule has 0 saturated carbocycles. The fraction of sp³-hybridized carbons (Fsp3) is 0. The molecular weight excluding hydrogens is 210 g/mol. The lowest BCUT2D eigenvalue weighted by Crippen LogP contribution is -2.11. The van der Waals surface area contributed by atoms with Crippen molar-refractivity contribution in [2.75, 3.05) is 0 Å². The summed E-state index contributed by atoms with van der Waals surface area (Å²) in [6.45, 7) is 0. The first-order chi connectivity index (χ1) is 7.27. The molecule has 0 aliphatic heterocycles. The second kappa shape index (κ2) is 4.18. The number of rotatable bonds is 3. The average Bonchev–Trinajstić information content (AvgIpc) is 2.71. The van der Waals surface area contributed by atoms with Crippen molar-refractivity contribution in [3.63, 3.8) is 0 Å². The van der Waals surface area contributed by atoms with Crippen LogP contribution in [0.15, 0.2) is 46.7 Å². The lowest BCUT2D eigenvalue weighted by Gasteiger charge is -2.03. The summed E-state index contributed by atoms with van der Waals surface area (Å²) in [5, 5.41) is 0.878. The van der Waals surface area contributed by atoms with E-state index in [1.54, 1.807) is 24.7 Å². The van der Waals surface area contributed by atoms with Crippen molar-refractivity contribution in [3.05, 3.63) is 42.4 Å². The van der Waals surface area contributed by atoms with Crippen LogP contribution >= 0.6 is 11.8 Å². The van der Waals surface area contributed by atoms with Crippen LogP contribution in [0, 0.1) is 0 Å². The largest absolute Gasteiger partial charge is 0.366 e. The lowest BCUT2D eigenvalue weighted by molar-refractivity contribution is 0.0997. The highest BCUT2D eigenvalue weighted by Gasteiger charge is 2.08. The van der Waals surface area contributed by atoms with Gasteiger partial charge in [-0.05, 0) is 12.1 Å². The molecule has 0 bridgehead atoms. The number of benzene rings is 1. The third kappa shape index (κ3) is 2.19. The zero-order chi connectivity index (χ0) is 10.7. The molecule has 1 aromatic carbocycles. The van der Waals surface area contributed by atoms with Gasteiger partial charge in [-0.15, -0.1) is 0 Å². The molecule has 0 aliphatic rings. The van der Waals surface area contributed by atoms with Crippen LogP contribution in [0.2, 0.25) is 0 Å². The van der Waals surface area contributed by atoms with Crippen molar-refractivity contribution in [3.8, 4) is 0 Å². The number of nitrogens with one attached hydrogen (secondary N) is 1. The quantitative estimate of drug-likeness (QED) is 0.824. The van der Waals surface area contributed by atoms with Crippen LogP contribution in [0.1, 0.15) is 10.4 Å². The molecule has 5 heteroatoms. The minimum absolute atomic E-state index is 0.419. The van der Waals surface area contributed by atoms with Gasteiger partial charge in [-0.3, -0.25) is 4.79 Å². The van der Waals surface area contributed by atoms with E-state index in [1.807, 2.05) is 12.1 Å². The van der Waals surface area contributed by atoms with Crippen molar-refractivity contribution in [1.82, 2.24) is 9.97 Å². The van der Waals surface area contributed by atoms with Gasteiger partial charge in [0.25, 0.3) is 0 Å². The number of aromatic nitrogens is 2. The molecule has 0 unspecified atom stereocenters. The standard InChI is InChI=1S/C10H9N3OS/c11-10(14)7-3-1-2-4-8(7)15-9-5-12-6-13-9/h1-6H,(H2,11,14)(H,12,13). The third-order valence-electron chi connectivity index (χ3n) is 1.85. The molecule has 1 amide bonds. The molecule has 2 rings (SSSR count). The summed E-state index contributed by atoms with van der Waals surface area (Å²) in [5.74, 6) is -0.419. The van der Waals surface area contributed by atoms with Crippen LogP contribution in [0.4, 0.5) is 0 Å². The van der Waals surface area contributed by atoms with Gasteiger partial charge in [-0.1, -0.05) is 23.9 Å². The lowest BCUT2D eigenvalue weighted by atomic mass is 10.2. The number of aromatic amines is 1. The van der Waals surface area contributed by atoms with E-state index in [2.05, 4.69) is 9.97 Å². The number of nitrogens with zero attached hydrogens (tertiary/aromatic N) is 1. The molecule has 0 radical (unpaired) electrons. The smallest absolute Gasteiger partial charge is 0.249 e. The number of amides is 1. The van der Waals surface area contributed by atoms with Crippen molar-refractivity contribution >= 4 is 17.7 Å². The van der Waals surface area contributed by atoms with Gasteiger partial charge in [0.2, 0.25) is 5.91 Å². The van der Waals surface area contributed by atoms with E-state index in [0.29, 0.717) is 5.56 Å². The Morgan fingerprint density at radius 1 is 1.40 bits per heavy atom. The molecule has 0 aliphatic carbocycles. The molecule has 3 N–H and O–H groups in total. The molecule has 0 saturated heterocycles. The monoisotopic (exact) mass is 219 g/mol. The second-order valence-corrected chi connectivity index (χ2v) is 3.96. The molecule has 4 nitrogen and oxygen atoms in total. The Balaban J connectivity index is 2.32. The molecule has 1 aromatic heterocycles. The summed E-state index contributed by atoms with van der Waals surface area (Å²) in [4.78, 5) is 18.8. The first kappa shape index (κ1) is 9.79. The molecule has 1 heterocycles. The second-order valence-electron chi connectivity index (χ2n) is 2.88. The number of hydrogen-bond donors (Lipinski definition) is 2. The predicted molar refractivity (Wildman–Crippen MR) is 57.7 cm³/mol. The molecule has 15 heavy (non-hydrogen) atoms. The molecule has 0 spiro atoms. The van der Waals surface area contributed by atoms with Crippen LogP contribution in [0.3, 0.4) is 0 Å². The summed E-state index contributed by atoms with van der Waals surface area (Å²) >= 11 is 1.43. The average molecular weight is 219 g/mol. The first-order valence-corrected chi connectivity index (χ1v) is 5.14. The van der Waals surface area contributed by atoms with Crippen molar-refractivity contribution in [2.45, 2.75) is 9.92 Å². The topological polar surface area (TPSA) is 71.8 Å². The maximum atomic E-state index is 11.1. The number of carbonyl (C=O) groups is 1.